The van der Waals surface area contributed by atoms with Crippen LogP contribution in [0.4, 0.5) is 4.79 Å². The lowest BCUT2D eigenvalue weighted by Crippen LogP contribution is -2.41. The molecule has 31 heavy (non-hydrogen) atoms. The minimum Gasteiger partial charge on any atom is -0.447 e. The summed E-state index contributed by atoms with van der Waals surface area (Å²) in [4.78, 5) is 36.3. The van der Waals surface area contributed by atoms with Gasteiger partial charge in [-0.25, -0.2) is 4.79 Å². The molecule has 3 rings (SSSR count). The second-order valence-electron chi connectivity index (χ2n) is 6.72. The molecular weight excluding hydrogens is 400 g/mol. The molecule has 0 saturated carbocycles. The number of ether oxygens (including phenoxy) is 1. The number of carbonyl (C=O) groups is 3. The zero-order valence-corrected chi connectivity index (χ0v) is 17.1. The molecule has 0 bridgehead atoms. The number of aryl methyl sites for hydroxylation is 2. The molecule has 1 aromatic heterocycles. The average Bonchev–Trinajstić information content (AvgIpc) is 3.26. The number of carbonyl (C=O) groups excluding carboxylic acids is 3. The van der Waals surface area contributed by atoms with Crippen molar-refractivity contribution < 1.29 is 23.5 Å². The summed E-state index contributed by atoms with van der Waals surface area (Å²) in [6.45, 7) is 1.98. The lowest BCUT2D eigenvalue weighted by Gasteiger charge is -2.17. The van der Waals surface area contributed by atoms with Crippen LogP contribution in [0.1, 0.15) is 29.5 Å². The number of amides is 3. The third kappa shape index (κ3) is 5.99. The van der Waals surface area contributed by atoms with Gasteiger partial charge >= 0.3 is 12.0 Å². The van der Waals surface area contributed by atoms with Crippen LogP contribution in [0.25, 0.3) is 11.5 Å². The molecule has 3 amide bonds. The third-order valence-electron chi connectivity index (χ3n) is 4.36. The second-order valence-corrected chi connectivity index (χ2v) is 6.72. The molecule has 0 aliphatic heterocycles. The lowest BCUT2D eigenvalue weighted by molar-refractivity contribution is -0.156. The fourth-order valence-corrected chi connectivity index (χ4v) is 2.71. The Labute approximate surface area is 178 Å². The maximum Gasteiger partial charge on any atom is 0.321 e. The molecular formula is C22H22N4O5. The normalized spacial score (nSPS) is 11.4. The number of nitrogens with one attached hydrogen (secondary N) is 2. The van der Waals surface area contributed by atoms with E-state index in [4.69, 9.17) is 9.15 Å². The van der Waals surface area contributed by atoms with Gasteiger partial charge in [0.1, 0.15) is 0 Å². The summed E-state index contributed by atoms with van der Waals surface area (Å²) in [5.74, 6) is -0.761. The Bertz CT molecular complexity index is 1050. The predicted molar refractivity (Wildman–Crippen MR) is 111 cm³/mol. The van der Waals surface area contributed by atoms with Crippen molar-refractivity contribution >= 4 is 17.9 Å². The van der Waals surface area contributed by atoms with Crippen LogP contribution in [-0.4, -0.2) is 35.2 Å². The molecule has 0 fully saturated rings. The van der Waals surface area contributed by atoms with E-state index in [2.05, 4.69) is 20.8 Å². The number of aromatic nitrogens is 2. The number of hydrogen-bond donors (Lipinski definition) is 2. The van der Waals surface area contributed by atoms with E-state index in [0.29, 0.717) is 11.5 Å². The summed E-state index contributed by atoms with van der Waals surface area (Å²) in [6, 6.07) is 15.3. The topological polar surface area (TPSA) is 123 Å². The van der Waals surface area contributed by atoms with Crippen LogP contribution in [0, 0.1) is 6.92 Å². The first-order chi connectivity index (χ1) is 15.0. The van der Waals surface area contributed by atoms with E-state index in [1.165, 1.54) is 7.05 Å². The fraction of sp³-hybridized carbons (Fsp3) is 0.227. The molecule has 0 radical (unpaired) electrons. The van der Waals surface area contributed by atoms with Gasteiger partial charge in [0.2, 0.25) is 17.9 Å². The Morgan fingerprint density at radius 3 is 2.42 bits per heavy atom. The van der Waals surface area contributed by atoms with Gasteiger partial charge in [-0.1, -0.05) is 48.0 Å². The molecule has 9 heteroatoms. The Balaban J connectivity index is 1.62. The van der Waals surface area contributed by atoms with Gasteiger partial charge in [-0.15, -0.1) is 10.2 Å². The highest BCUT2D eigenvalue weighted by Crippen LogP contribution is 2.21. The Morgan fingerprint density at radius 2 is 1.74 bits per heavy atom. The van der Waals surface area contributed by atoms with Crippen molar-refractivity contribution in [1.29, 1.82) is 0 Å². The van der Waals surface area contributed by atoms with Crippen molar-refractivity contribution in [3.8, 4) is 11.5 Å². The number of benzene rings is 2. The van der Waals surface area contributed by atoms with Gasteiger partial charge in [0.25, 0.3) is 5.91 Å². The van der Waals surface area contributed by atoms with E-state index in [-0.39, 0.29) is 18.7 Å². The first kappa shape index (κ1) is 21.7. The SMILES string of the molecule is CNC(=O)NC(=O)C(OC(=O)CCc1nnc(-c2ccc(C)cc2)o1)c1ccccc1. The summed E-state index contributed by atoms with van der Waals surface area (Å²) in [7, 11) is 1.38. The van der Waals surface area contributed by atoms with Crippen molar-refractivity contribution in [2.24, 2.45) is 0 Å². The Hall–Kier alpha value is -4.01. The molecule has 0 saturated heterocycles. The van der Waals surface area contributed by atoms with E-state index in [1.54, 1.807) is 30.3 Å². The Kier molecular flexibility index (Phi) is 7.10. The number of imide groups is 1. The number of esters is 1. The van der Waals surface area contributed by atoms with Crippen LogP contribution >= 0.6 is 0 Å². The van der Waals surface area contributed by atoms with Gasteiger partial charge in [-0.3, -0.25) is 14.9 Å². The van der Waals surface area contributed by atoms with E-state index in [9.17, 15) is 14.4 Å². The molecule has 1 heterocycles. The molecule has 0 spiro atoms. The molecule has 160 valence electrons. The first-order valence-corrected chi connectivity index (χ1v) is 9.62. The molecule has 2 N–H and O–H groups in total. The maximum atomic E-state index is 12.4. The second kappa shape index (κ2) is 10.1. The molecule has 0 aliphatic carbocycles. The highest BCUT2D eigenvalue weighted by atomic mass is 16.5. The van der Waals surface area contributed by atoms with Gasteiger partial charge < -0.3 is 14.5 Å². The number of rotatable bonds is 7. The van der Waals surface area contributed by atoms with Crippen LogP contribution in [0.3, 0.4) is 0 Å². The minimum absolute atomic E-state index is 0.0773. The van der Waals surface area contributed by atoms with Gasteiger partial charge in [0.05, 0.1) is 6.42 Å². The summed E-state index contributed by atoms with van der Waals surface area (Å²) in [5.41, 5.74) is 2.33. The zero-order valence-electron chi connectivity index (χ0n) is 17.1. The van der Waals surface area contributed by atoms with E-state index in [0.717, 1.165) is 11.1 Å². The lowest BCUT2D eigenvalue weighted by atomic mass is 10.1. The maximum absolute atomic E-state index is 12.4. The van der Waals surface area contributed by atoms with Crippen molar-refractivity contribution in [2.45, 2.75) is 25.9 Å². The monoisotopic (exact) mass is 422 g/mol. The molecule has 1 unspecified atom stereocenters. The molecule has 0 aliphatic rings. The standard InChI is InChI=1S/C22H22N4O5/c1-14-8-10-16(11-9-14)21-26-25-17(30-21)12-13-18(27)31-19(15-6-4-3-5-7-15)20(28)24-22(29)23-2/h3-11,19H,12-13H2,1-2H3,(H2,23,24,28,29). The van der Waals surface area contributed by atoms with Gasteiger partial charge in [0.15, 0.2) is 0 Å². The Morgan fingerprint density at radius 1 is 1.03 bits per heavy atom. The van der Waals surface area contributed by atoms with Crippen molar-refractivity contribution in [3.63, 3.8) is 0 Å². The van der Waals surface area contributed by atoms with Crippen molar-refractivity contribution in [2.75, 3.05) is 7.05 Å². The number of hydrogen-bond acceptors (Lipinski definition) is 7. The van der Waals surface area contributed by atoms with Crippen LogP contribution in [-0.2, 0) is 20.7 Å². The van der Waals surface area contributed by atoms with Crippen LogP contribution in [0.2, 0.25) is 0 Å². The summed E-state index contributed by atoms with van der Waals surface area (Å²) in [5, 5.41) is 12.4. The van der Waals surface area contributed by atoms with Gasteiger partial charge in [0, 0.05) is 24.6 Å². The zero-order chi connectivity index (χ0) is 22.2. The van der Waals surface area contributed by atoms with Crippen LogP contribution < -0.4 is 10.6 Å². The average molecular weight is 422 g/mol. The van der Waals surface area contributed by atoms with Crippen LogP contribution in [0.5, 0.6) is 0 Å². The van der Waals surface area contributed by atoms with Gasteiger partial charge in [-0.05, 0) is 19.1 Å². The highest BCUT2D eigenvalue weighted by molar-refractivity contribution is 5.97. The third-order valence-corrected chi connectivity index (χ3v) is 4.36. The number of nitrogens with zero attached hydrogens (tertiary/aromatic N) is 2. The number of urea groups is 1. The van der Waals surface area contributed by atoms with Gasteiger partial charge in [-0.2, -0.15) is 0 Å². The van der Waals surface area contributed by atoms with E-state index in [1.807, 2.05) is 31.2 Å². The quantitative estimate of drug-likeness (QED) is 0.561. The minimum atomic E-state index is -1.27. The molecule has 2 aromatic carbocycles. The van der Waals surface area contributed by atoms with E-state index < -0.39 is 24.0 Å². The summed E-state index contributed by atoms with van der Waals surface area (Å²) < 4.78 is 11.0. The van der Waals surface area contributed by atoms with E-state index >= 15 is 0 Å². The molecule has 1 atom stereocenters. The fourth-order valence-electron chi connectivity index (χ4n) is 2.71. The summed E-state index contributed by atoms with van der Waals surface area (Å²) >= 11 is 0. The first-order valence-electron chi connectivity index (χ1n) is 9.62. The smallest absolute Gasteiger partial charge is 0.321 e. The van der Waals surface area contributed by atoms with Crippen molar-refractivity contribution in [1.82, 2.24) is 20.8 Å². The summed E-state index contributed by atoms with van der Waals surface area (Å²) in [6.07, 6.45) is -1.20. The molecule has 9 nitrogen and oxygen atoms in total. The molecule has 3 aromatic rings. The highest BCUT2D eigenvalue weighted by Gasteiger charge is 2.26. The predicted octanol–water partition coefficient (Wildman–Crippen LogP) is 2.72. The largest absolute Gasteiger partial charge is 0.447 e. The van der Waals surface area contributed by atoms with Crippen molar-refractivity contribution in [3.05, 3.63) is 71.6 Å². The van der Waals surface area contributed by atoms with Crippen LogP contribution in [0.15, 0.2) is 59.0 Å².